The second-order valence-electron chi connectivity index (χ2n) is 4.63. The lowest BCUT2D eigenvalue weighted by molar-refractivity contribution is -0.116. The summed E-state index contributed by atoms with van der Waals surface area (Å²) in [5.74, 6) is -0.0589. The monoisotopic (exact) mass is 284 g/mol. The van der Waals surface area contributed by atoms with Crippen molar-refractivity contribution >= 4 is 21.6 Å². The van der Waals surface area contributed by atoms with Gasteiger partial charge in [-0.05, 0) is 43.5 Å². The third-order valence-corrected chi connectivity index (χ3v) is 3.75. The number of carbonyl (C=O) groups is 1. The van der Waals surface area contributed by atoms with Crippen LogP contribution in [0.5, 0.6) is 0 Å². The number of nitrogens with two attached hydrogens (primary N) is 1. The van der Waals surface area contributed by atoms with Gasteiger partial charge in [-0.15, -0.1) is 0 Å². The van der Waals surface area contributed by atoms with Gasteiger partial charge in [0.25, 0.3) is 0 Å². The number of hydrogen-bond donors (Lipinski definition) is 2. The SMILES string of the molecule is CCCCC(=O)Nc1c(C)cc(S(N)(=O)=O)cc1C. The van der Waals surface area contributed by atoms with Crippen LogP contribution in [0, 0.1) is 13.8 Å². The largest absolute Gasteiger partial charge is 0.326 e. The quantitative estimate of drug-likeness (QED) is 0.867. The molecule has 0 aromatic heterocycles. The molecule has 0 aliphatic rings. The normalized spacial score (nSPS) is 11.4. The summed E-state index contributed by atoms with van der Waals surface area (Å²) in [6, 6.07) is 2.94. The van der Waals surface area contributed by atoms with Crippen molar-refractivity contribution in [1.82, 2.24) is 0 Å². The Kier molecular flexibility index (Phi) is 5.08. The van der Waals surface area contributed by atoms with Crippen LogP contribution in [0.4, 0.5) is 5.69 Å². The van der Waals surface area contributed by atoms with Crippen molar-refractivity contribution < 1.29 is 13.2 Å². The topological polar surface area (TPSA) is 89.3 Å². The number of hydrogen-bond acceptors (Lipinski definition) is 3. The molecule has 0 fully saturated rings. The first-order valence-corrected chi connectivity index (χ1v) is 7.74. The minimum Gasteiger partial charge on any atom is -0.326 e. The van der Waals surface area contributed by atoms with Crippen molar-refractivity contribution in [1.29, 1.82) is 0 Å². The molecule has 0 saturated heterocycles. The first kappa shape index (κ1) is 15.7. The summed E-state index contributed by atoms with van der Waals surface area (Å²) >= 11 is 0. The first-order chi connectivity index (χ1) is 8.75. The van der Waals surface area contributed by atoms with Gasteiger partial charge in [0, 0.05) is 12.1 Å². The van der Waals surface area contributed by atoms with Crippen LogP contribution in [-0.4, -0.2) is 14.3 Å². The highest BCUT2D eigenvalue weighted by Crippen LogP contribution is 2.24. The van der Waals surface area contributed by atoms with Gasteiger partial charge in [-0.25, -0.2) is 13.6 Å². The van der Waals surface area contributed by atoms with Gasteiger partial charge in [-0.2, -0.15) is 0 Å². The molecule has 19 heavy (non-hydrogen) atoms. The summed E-state index contributed by atoms with van der Waals surface area (Å²) in [4.78, 5) is 11.8. The Balaban J connectivity index is 3.01. The van der Waals surface area contributed by atoms with E-state index in [1.807, 2.05) is 6.92 Å². The lowest BCUT2D eigenvalue weighted by Crippen LogP contribution is -2.16. The molecule has 1 aromatic rings. The molecule has 1 rings (SSSR count). The molecule has 0 saturated carbocycles. The summed E-state index contributed by atoms with van der Waals surface area (Å²) < 4.78 is 22.6. The molecule has 5 nitrogen and oxygen atoms in total. The Morgan fingerprint density at radius 2 is 1.79 bits per heavy atom. The molecule has 0 spiro atoms. The number of aryl methyl sites for hydroxylation is 2. The molecule has 0 radical (unpaired) electrons. The number of unbranched alkanes of at least 4 members (excludes halogenated alkanes) is 1. The predicted molar refractivity (Wildman–Crippen MR) is 75.4 cm³/mol. The molecule has 0 aliphatic carbocycles. The Bertz CT molecular complexity index is 557. The fourth-order valence-corrected chi connectivity index (χ4v) is 2.51. The number of sulfonamides is 1. The molecule has 0 heterocycles. The lowest BCUT2D eigenvalue weighted by atomic mass is 10.1. The number of carbonyl (C=O) groups excluding carboxylic acids is 1. The van der Waals surface area contributed by atoms with Gasteiger partial charge in [0.05, 0.1) is 4.90 Å². The Morgan fingerprint density at radius 3 is 2.21 bits per heavy atom. The smallest absolute Gasteiger partial charge is 0.238 e. The highest BCUT2D eigenvalue weighted by molar-refractivity contribution is 7.89. The Morgan fingerprint density at radius 1 is 1.26 bits per heavy atom. The fourth-order valence-electron chi connectivity index (χ4n) is 1.82. The number of rotatable bonds is 5. The van der Waals surface area contributed by atoms with Gasteiger partial charge in [0.15, 0.2) is 0 Å². The molecule has 106 valence electrons. The van der Waals surface area contributed by atoms with Crippen LogP contribution in [-0.2, 0) is 14.8 Å². The standard InChI is InChI=1S/C13H20N2O3S/c1-4-5-6-12(16)15-13-9(2)7-11(8-10(13)3)19(14,17)18/h7-8H,4-6H2,1-3H3,(H,15,16)(H2,14,17,18). The van der Waals surface area contributed by atoms with Crippen LogP contribution in [0.3, 0.4) is 0 Å². The molecule has 0 atom stereocenters. The second kappa shape index (κ2) is 6.16. The van der Waals surface area contributed by atoms with Crippen molar-refractivity contribution in [2.45, 2.75) is 44.9 Å². The van der Waals surface area contributed by atoms with Gasteiger partial charge in [0.2, 0.25) is 15.9 Å². The molecular formula is C13H20N2O3S. The zero-order valence-corrected chi connectivity index (χ0v) is 12.3. The van der Waals surface area contributed by atoms with E-state index in [0.29, 0.717) is 23.2 Å². The zero-order valence-electron chi connectivity index (χ0n) is 11.5. The van der Waals surface area contributed by atoms with E-state index in [-0.39, 0.29) is 10.8 Å². The van der Waals surface area contributed by atoms with E-state index in [9.17, 15) is 13.2 Å². The van der Waals surface area contributed by atoms with Crippen LogP contribution < -0.4 is 10.5 Å². The molecule has 6 heteroatoms. The summed E-state index contributed by atoms with van der Waals surface area (Å²) in [6.45, 7) is 5.51. The fraction of sp³-hybridized carbons (Fsp3) is 0.462. The highest BCUT2D eigenvalue weighted by Gasteiger charge is 2.13. The summed E-state index contributed by atoms with van der Waals surface area (Å²) in [6.07, 6.45) is 2.25. The van der Waals surface area contributed by atoms with Gasteiger partial charge in [0.1, 0.15) is 0 Å². The lowest BCUT2D eigenvalue weighted by Gasteiger charge is -2.13. The van der Waals surface area contributed by atoms with Crippen molar-refractivity contribution in [3.63, 3.8) is 0 Å². The molecule has 1 aromatic carbocycles. The maximum absolute atomic E-state index is 11.7. The van der Waals surface area contributed by atoms with Gasteiger partial charge in [-0.3, -0.25) is 4.79 Å². The van der Waals surface area contributed by atoms with Crippen LogP contribution in [0.2, 0.25) is 0 Å². The van der Waals surface area contributed by atoms with Crippen LogP contribution in [0.1, 0.15) is 37.3 Å². The van der Waals surface area contributed by atoms with Crippen molar-refractivity contribution in [3.05, 3.63) is 23.3 Å². The number of nitrogens with one attached hydrogen (secondary N) is 1. The van der Waals surface area contributed by atoms with E-state index in [1.165, 1.54) is 12.1 Å². The minimum atomic E-state index is -3.72. The van der Waals surface area contributed by atoms with Crippen molar-refractivity contribution in [2.75, 3.05) is 5.32 Å². The van der Waals surface area contributed by atoms with E-state index in [2.05, 4.69) is 5.32 Å². The molecule has 3 N–H and O–H groups in total. The summed E-state index contributed by atoms with van der Waals surface area (Å²) in [5, 5.41) is 7.91. The molecule has 0 aliphatic heterocycles. The van der Waals surface area contributed by atoms with E-state index in [0.717, 1.165) is 12.8 Å². The van der Waals surface area contributed by atoms with Crippen LogP contribution >= 0.6 is 0 Å². The Labute approximate surface area is 114 Å². The number of benzene rings is 1. The van der Waals surface area contributed by atoms with Crippen molar-refractivity contribution in [2.24, 2.45) is 5.14 Å². The minimum absolute atomic E-state index is 0.0589. The Hall–Kier alpha value is -1.40. The molecule has 1 amide bonds. The number of primary sulfonamides is 1. The summed E-state index contributed by atoms with van der Waals surface area (Å²) in [5.41, 5.74) is 2.04. The van der Waals surface area contributed by atoms with Crippen LogP contribution in [0.25, 0.3) is 0 Å². The second-order valence-corrected chi connectivity index (χ2v) is 6.19. The predicted octanol–water partition coefficient (Wildman–Crippen LogP) is 2.08. The zero-order chi connectivity index (χ0) is 14.6. The van der Waals surface area contributed by atoms with Gasteiger partial charge in [-0.1, -0.05) is 13.3 Å². The highest BCUT2D eigenvalue weighted by atomic mass is 32.2. The molecular weight excluding hydrogens is 264 g/mol. The molecule has 0 unspecified atom stereocenters. The van der Waals surface area contributed by atoms with E-state index < -0.39 is 10.0 Å². The van der Waals surface area contributed by atoms with Gasteiger partial charge >= 0.3 is 0 Å². The first-order valence-electron chi connectivity index (χ1n) is 6.19. The molecule has 0 bridgehead atoms. The van der Waals surface area contributed by atoms with Crippen LogP contribution in [0.15, 0.2) is 17.0 Å². The van der Waals surface area contributed by atoms with E-state index >= 15 is 0 Å². The number of anilines is 1. The summed E-state index contributed by atoms with van der Waals surface area (Å²) in [7, 11) is -3.72. The van der Waals surface area contributed by atoms with E-state index in [1.54, 1.807) is 13.8 Å². The maximum atomic E-state index is 11.7. The average molecular weight is 284 g/mol. The number of amides is 1. The van der Waals surface area contributed by atoms with Crippen molar-refractivity contribution in [3.8, 4) is 0 Å². The maximum Gasteiger partial charge on any atom is 0.238 e. The third-order valence-electron chi connectivity index (χ3n) is 2.86. The third kappa shape index (κ3) is 4.33. The van der Waals surface area contributed by atoms with E-state index in [4.69, 9.17) is 5.14 Å². The van der Waals surface area contributed by atoms with Gasteiger partial charge < -0.3 is 5.32 Å². The average Bonchev–Trinajstić information content (AvgIpc) is 2.29.